The fraction of sp³-hybridized carbons (Fsp3) is 0.133. The molecule has 0 saturated heterocycles. The van der Waals surface area contributed by atoms with Gasteiger partial charge in [-0.05, 0) is 12.1 Å². The van der Waals surface area contributed by atoms with Crippen molar-refractivity contribution in [3.05, 3.63) is 48.5 Å². The van der Waals surface area contributed by atoms with Crippen molar-refractivity contribution in [2.45, 2.75) is 6.61 Å². The molecule has 21 heavy (non-hydrogen) atoms. The summed E-state index contributed by atoms with van der Waals surface area (Å²) in [6.07, 6.45) is 3.59. The molecule has 3 rings (SSSR count). The van der Waals surface area contributed by atoms with Gasteiger partial charge in [-0.2, -0.15) is 0 Å². The lowest BCUT2D eigenvalue weighted by Crippen LogP contribution is -2.04. The number of nitrogen functional groups attached to an aromatic ring is 1. The molecule has 0 aliphatic heterocycles. The highest BCUT2D eigenvalue weighted by Gasteiger charge is 2.05. The maximum Gasteiger partial charge on any atom is 0.158 e. The van der Waals surface area contributed by atoms with E-state index in [4.69, 9.17) is 10.5 Å². The van der Waals surface area contributed by atoms with Crippen molar-refractivity contribution in [2.24, 2.45) is 0 Å². The van der Waals surface area contributed by atoms with Gasteiger partial charge in [-0.25, -0.2) is 9.97 Å². The van der Waals surface area contributed by atoms with Crippen LogP contribution in [-0.4, -0.2) is 22.1 Å². The second kappa shape index (κ2) is 5.72. The largest absolute Gasteiger partial charge is 0.384 e. The molecule has 0 atom stereocenters. The molecule has 2 heterocycles. The Morgan fingerprint density at radius 2 is 2.14 bits per heavy atom. The van der Waals surface area contributed by atoms with Crippen LogP contribution in [0.4, 0.5) is 17.3 Å². The van der Waals surface area contributed by atoms with E-state index in [1.807, 2.05) is 30.5 Å². The first-order chi connectivity index (χ1) is 10.3. The summed E-state index contributed by atoms with van der Waals surface area (Å²) < 4.78 is 5.04. The Morgan fingerprint density at radius 3 is 3.00 bits per heavy atom. The van der Waals surface area contributed by atoms with Crippen LogP contribution < -0.4 is 11.1 Å². The molecule has 0 fully saturated rings. The van der Waals surface area contributed by atoms with E-state index in [1.54, 1.807) is 19.4 Å². The summed E-state index contributed by atoms with van der Waals surface area (Å²) in [5, 5.41) is 5.40. The second-order valence-electron chi connectivity index (χ2n) is 4.55. The lowest BCUT2D eigenvalue weighted by atomic mass is 10.1. The predicted octanol–water partition coefficient (Wildman–Crippen LogP) is 2.50. The van der Waals surface area contributed by atoms with Crippen LogP contribution in [0.5, 0.6) is 0 Å². The van der Waals surface area contributed by atoms with Gasteiger partial charge in [0, 0.05) is 42.0 Å². The molecule has 0 radical (unpaired) electrons. The Morgan fingerprint density at radius 1 is 1.24 bits per heavy atom. The standard InChI is InChI=1S/C15H15N5O/c1-21-9-15-19-13(16)7-14(20-15)18-12-4-2-3-10-8-17-6-5-11(10)12/h2-8H,9H2,1H3,(H3,16,18,19,20). The van der Waals surface area contributed by atoms with Crippen LogP contribution in [0.3, 0.4) is 0 Å². The Balaban J connectivity index is 1.98. The minimum Gasteiger partial charge on any atom is -0.384 e. The highest BCUT2D eigenvalue weighted by atomic mass is 16.5. The van der Waals surface area contributed by atoms with E-state index in [0.717, 1.165) is 16.5 Å². The number of aromatic nitrogens is 3. The first-order valence-corrected chi connectivity index (χ1v) is 6.48. The Labute approximate surface area is 122 Å². The number of hydrogen-bond donors (Lipinski definition) is 2. The Hall–Kier alpha value is -2.73. The van der Waals surface area contributed by atoms with E-state index in [9.17, 15) is 0 Å². The van der Waals surface area contributed by atoms with Gasteiger partial charge in [0.05, 0.1) is 0 Å². The monoisotopic (exact) mass is 281 g/mol. The number of anilines is 3. The third-order valence-electron chi connectivity index (χ3n) is 3.01. The lowest BCUT2D eigenvalue weighted by Gasteiger charge is -2.10. The van der Waals surface area contributed by atoms with E-state index in [-0.39, 0.29) is 0 Å². The third kappa shape index (κ3) is 2.90. The van der Waals surface area contributed by atoms with Crippen molar-refractivity contribution in [2.75, 3.05) is 18.2 Å². The highest BCUT2D eigenvalue weighted by Crippen LogP contribution is 2.25. The van der Waals surface area contributed by atoms with Gasteiger partial charge in [0.15, 0.2) is 5.82 Å². The van der Waals surface area contributed by atoms with Crippen molar-refractivity contribution < 1.29 is 4.74 Å². The predicted molar refractivity (Wildman–Crippen MR) is 82.2 cm³/mol. The van der Waals surface area contributed by atoms with Crippen LogP contribution >= 0.6 is 0 Å². The average molecular weight is 281 g/mol. The van der Waals surface area contributed by atoms with Crippen LogP contribution in [0, 0.1) is 0 Å². The van der Waals surface area contributed by atoms with E-state index in [0.29, 0.717) is 24.1 Å². The number of hydrogen-bond acceptors (Lipinski definition) is 6. The molecule has 6 heteroatoms. The molecular weight excluding hydrogens is 266 g/mol. The van der Waals surface area contributed by atoms with E-state index in [2.05, 4.69) is 20.3 Å². The molecule has 106 valence electrons. The van der Waals surface area contributed by atoms with Gasteiger partial charge in [0.1, 0.15) is 18.2 Å². The van der Waals surface area contributed by atoms with Gasteiger partial charge >= 0.3 is 0 Å². The summed E-state index contributed by atoms with van der Waals surface area (Å²) in [6, 6.07) is 9.61. The molecule has 3 aromatic rings. The number of methoxy groups -OCH3 is 1. The SMILES string of the molecule is COCc1nc(N)cc(Nc2cccc3cnccc23)n1. The maximum atomic E-state index is 5.80. The van der Waals surface area contributed by atoms with Crippen LogP contribution in [0.1, 0.15) is 5.82 Å². The number of fused-ring (bicyclic) bond motifs is 1. The quantitative estimate of drug-likeness (QED) is 0.764. The summed E-state index contributed by atoms with van der Waals surface area (Å²) in [5.41, 5.74) is 6.74. The van der Waals surface area contributed by atoms with Gasteiger partial charge in [-0.3, -0.25) is 4.98 Å². The molecular formula is C15H15N5O. The lowest BCUT2D eigenvalue weighted by molar-refractivity contribution is 0.178. The van der Waals surface area contributed by atoms with E-state index in [1.165, 1.54) is 0 Å². The zero-order chi connectivity index (χ0) is 14.7. The second-order valence-corrected chi connectivity index (χ2v) is 4.55. The topological polar surface area (TPSA) is 86.0 Å². The number of benzene rings is 1. The summed E-state index contributed by atoms with van der Waals surface area (Å²) in [7, 11) is 1.59. The highest BCUT2D eigenvalue weighted by molar-refractivity contribution is 5.94. The molecule has 1 aromatic carbocycles. The van der Waals surface area contributed by atoms with Gasteiger partial charge in [0.2, 0.25) is 0 Å². The van der Waals surface area contributed by atoms with Crippen molar-refractivity contribution in [1.29, 1.82) is 0 Å². The minimum absolute atomic E-state index is 0.319. The van der Waals surface area contributed by atoms with E-state index >= 15 is 0 Å². The minimum atomic E-state index is 0.319. The molecule has 0 aliphatic carbocycles. The van der Waals surface area contributed by atoms with Crippen molar-refractivity contribution in [1.82, 2.24) is 15.0 Å². The first kappa shape index (κ1) is 13.3. The third-order valence-corrected chi connectivity index (χ3v) is 3.01. The molecule has 0 saturated carbocycles. The molecule has 2 aromatic heterocycles. The maximum absolute atomic E-state index is 5.80. The number of nitrogens with two attached hydrogens (primary N) is 1. The van der Waals surface area contributed by atoms with E-state index < -0.39 is 0 Å². The number of pyridine rings is 1. The normalized spacial score (nSPS) is 10.7. The summed E-state index contributed by atoms with van der Waals surface area (Å²) in [5.74, 6) is 1.59. The zero-order valence-electron chi connectivity index (χ0n) is 11.6. The summed E-state index contributed by atoms with van der Waals surface area (Å²) in [6.45, 7) is 0.319. The molecule has 0 unspecified atom stereocenters. The number of nitrogens with one attached hydrogen (secondary N) is 1. The smallest absolute Gasteiger partial charge is 0.158 e. The van der Waals surface area contributed by atoms with Gasteiger partial charge in [-0.1, -0.05) is 12.1 Å². The summed E-state index contributed by atoms with van der Waals surface area (Å²) >= 11 is 0. The van der Waals surface area contributed by atoms with Gasteiger partial charge < -0.3 is 15.8 Å². The molecule has 0 amide bonds. The summed E-state index contributed by atoms with van der Waals surface area (Å²) in [4.78, 5) is 12.6. The number of ether oxygens (including phenoxy) is 1. The number of rotatable bonds is 4. The van der Waals surface area contributed by atoms with Gasteiger partial charge in [0.25, 0.3) is 0 Å². The average Bonchev–Trinajstić information content (AvgIpc) is 2.47. The fourth-order valence-corrected chi connectivity index (χ4v) is 2.14. The molecule has 0 aliphatic rings. The van der Waals surface area contributed by atoms with Crippen LogP contribution in [0.25, 0.3) is 10.8 Å². The molecule has 3 N–H and O–H groups in total. The molecule has 6 nitrogen and oxygen atoms in total. The molecule has 0 bridgehead atoms. The molecule has 0 spiro atoms. The van der Waals surface area contributed by atoms with Crippen LogP contribution in [0.2, 0.25) is 0 Å². The van der Waals surface area contributed by atoms with Crippen molar-refractivity contribution >= 4 is 28.1 Å². The van der Waals surface area contributed by atoms with Gasteiger partial charge in [-0.15, -0.1) is 0 Å². The first-order valence-electron chi connectivity index (χ1n) is 6.48. The Kier molecular flexibility index (Phi) is 3.61. The van der Waals surface area contributed by atoms with Crippen LogP contribution in [0.15, 0.2) is 42.7 Å². The van der Waals surface area contributed by atoms with Crippen LogP contribution in [-0.2, 0) is 11.3 Å². The van der Waals surface area contributed by atoms with Crippen molar-refractivity contribution in [3.63, 3.8) is 0 Å². The van der Waals surface area contributed by atoms with Crippen molar-refractivity contribution in [3.8, 4) is 0 Å². The fourth-order valence-electron chi connectivity index (χ4n) is 2.14. The zero-order valence-corrected chi connectivity index (χ0v) is 11.6. The Bertz CT molecular complexity index is 770. The number of nitrogens with zero attached hydrogens (tertiary/aromatic N) is 3.